The van der Waals surface area contributed by atoms with Crippen LogP contribution >= 0.6 is 0 Å². The fourth-order valence-corrected chi connectivity index (χ4v) is 2.98. The van der Waals surface area contributed by atoms with Gasteiger partial charge in [0.25, 0.3) is 5.91 Å². The minimum absolute atomic E-state index is 0.0663. The first-order valence-corrected chi connectivity index (χ1v) is 8.07. The fourth-order valence-electron chi connectivity index (χ4n) is 2.98. The highest BCUT2D eigenvalue weighted by molar-refractivity contribution is 5.97. The van der Waals surface area contributed by atoms with Gasteiger partial charge < -0.3 is 10.6 Å². The molecule has 24 heavy (non-hydrogen) atoms. The minimum atomic E-state index is -0.168. The SMILES string of the molecule is CNC(=O)c1cccc(NC(=O)CN2CCc3ccccc3C2)c1. The van der Waals surface area contributed by atoms with Crippen molar-refractivity contribution in [1.29, 1.82) is 0 Å². The van der Waals surface area contributed by atoms with E-state index in [-0.39, 0.29) is 11.8 Å². The average Bonchev–Trinajstić information content (AvgIpc) is 2.61. The number of anilines is 1. The molecule has 2 aromatic rings. The van der Waals surface area contributed by atoms with Gasteiger partial charge in [-0.15, -0.1) is 0 Å². The molecule has 1 heterocycles. The molecule has 0 fully saturated rings. The highest BCUT2D eigenvalue weighted by Gasteiger charge is 2.18. The maximum absolute atomic E-state index is 12.3. The number of nitrogens with zero attached hydrogens (tertiary/aromatic N) is 1. The predicted octanol–water partition coefficient (Wildman–Crippen LogP) is 2.04. The first-order chi connectivity index (χ1) is 11.7. The first-order valence-electron chi connectivity index (χ1n) is 8.07. The number of carbonyl (C=O) groups excluding carboxylic acids is 2. The van der Waals surface area contributed by atoms with Gasteiger partial charge in [0.2, 0.25) is 5.91 Å². The molecule has 2 amide bonds. The first kappa shape index (κ1) is 16.2. The van der Waals surface area contributed by atoms with Crippen molar-refractivity contribution in [2.45, 2.75) is 13.0 Å². The largest absolute Gasteiger partial charge is 0.355 e. The Kier molecular flexibility index (Phi) is 4.91. The van der Waals surface area contributed by atoms with Crippen molar-refractivity contribution >= 4 is 17.5 Å². The summed E-state index contributed by atoms with van der Waals surface area (Å²) in [7, 11) is 1.59. The van der Waals surface area contributed by atoms with Crippen molar-refractivity contribution in [2.75, 3.05) is 25.5 Å². The van der Waals surface area contributed by atoms with Crippen LogP contribution in [0.4, 0.5) is 5.69 Å². The van der Waals surface area contributed by atoms with E-state index in [1.165, 1.54) is 11.1 Å². The number of carbonyl (C=O) groups is 2. The molecule has 5 nitrogen and oxygen atoms in total. The summed E-state index contributed by atoms with van der Waals surface area (Å²) in [6.07, 6.45) is 0.968. The molecule has 124 valence electrons. The molecule has 0 aliphatic carbocycles. The maximum Gasteiger partial charge on any atom is 0.251 e. The second kappa shape index (κ2) is 7.27. The van der Waals surface area contributed by atoms with Gasteiger partial charge in [-0.2, -0.15) is 0 Å². The maximum atomic E-state index is 12.3. The van der Waals surface area contributed by atoms with E-state index in [1.807, 2.05) is 6.07 Å². The van der Waals surface area contributed by atoms with Gasteiger partial charge in [-0.1, -0.05) is 30.3 Å². The summed E-state index contributed by atoms with van der Waals surface area (Å²) in [6.45, 7) is 2.02. The van der Waals surface area contributed by atoms with Gasteiger partial charge in [0.1, 0.15) is 0 Å². The molecule has 0 radical (unpaired) electrons. The Morgan fingerprint density at radius 3 is 2.67 bits per heavy atom. The van der Waals surface area contributed by atoms with Gasteiger partial charge in [-0.3, -0.25) is 14.5 Å². The Morgan fingerprint density at radius 2 is 1.88 bits per heavy atom. The lowest BCUT2D eigenvalue weighted by atomic mass is 10.00. The van der Waals surface area contributed by atoms with Gasteiger partial charge in [0.15, 0.2) is 0 Å². The van der Waals surface area contributed by atoms with Crippen LogP contribution < -0.4 is 10.6 Å². The van der Waals surface area contributed by atoms with E-state index >= 15 is 0 Å². The van der Waals surface area contributed by atoms with E-state index in [1.54, 1.807) is 31.3 Å². The second-order valence-corrected chi connectivity index (χ2v) is 5.94. The summed E-state index contributed by atoms with van der Waals surface area (Å²) >= 11 is 0. The normalized spacial score (nSPS) is 13.9. The molecule has 0 saturated carbocycles. The molecule has 2 N–H and O–H groups in total. The van der Waals surface area contributed by atoms with Crippen molar-refractivity contribution in [2.24, 2.45) is 0 Å². The Labute approximate surface area is 141 Å². The zero-order chi connectivity index (χ0) is 16.9. The number of rotatable bonds is 4. The summed E-state index contributed by atoms with van der Waals surface area (Å²) in [5, 5.41) is 5.45. The number of benzene rings is 2. The van der Waals surface area contributed by atoms with Crippen LogP contribution in [0, 0.1) is 0 Å². The third kappa shape index (κ3) is 3.81. The van der Waals surface area contributed by atoms with E-state index < -0.39 is 0 Å². The quantitative estimate of drug-likeness (QED) is 0.905. The molecular weight excluding hydrogens is 302 g/mol. The van der Waals surface area contributed by atoms with E-state index in [0.29, 0.717) is 17.8 Å². The second-order valence-electron chi connectivity index (χ2n) is 5.94. The number of nitrogens with one attached hydrogen (secondary N) is 2. The van der Waals surface area contributed by atoms with Gasteiger partial charge >= 0.3 is 0 Å². The zero-order valence-corrected chi connectivity index (χ0v) is 13.7. The summed E-state index contributed by atoms with van der Waals surface area (Å²) in [5.41, 5.74) is 3.83. The molecule has 1 aliphatic rings. The lowest BCUT2D eigenvalue weighted by Gasteiger charge is -2.28. The van der Waals surface area contributed by atoms with Crippen LogP contribution in [0.15, 0.2) is 48.5 Å². The molecule has 0 aromatic heterocycles. The molecule has 3 rings (SSSR count). The highest BCUT2D eigenvalue weighted by atomic mass is 16.2. The molecule has 0 spiro atoms. The highest BCUT2D eigenvalue weighted by Crippen LogP contribution is 2.18. The summed E-state index contributed by atoms with van der Waals surface area (Å²) in [6, 6.07) is 15.3. The van der Waals surface area contributed by atoms with Crippen LogP contribution in [0.1, 0.15) is 21.5 Å². The number of hydrogen-bond acceptors (Lipinski definition) is 3. The van der Waals surface area contributed by atoms with Crippen LogP contribution in [-0.4, -0.2) is 36.9 Å². The van der Waals surface area contributed by atoms with Crippen LogP contribution in [0.25, 0.3) is 0 Å². The Hall–Kier alpha value is -2.66. The average molecular weight is 323 g/mol. The van der Waals surface area contributed by atoms with Crippen molar-refractivity contribution < 1.29 is 9.59 Å². The smallest absolute Gasteiger partial charge is 0.251 e. The topological polar surface area (TPSA) is 61.4 Å². The lowest BCUT2D eigenvalue weighted by molar-refractivity contribution is -0.117. The van der Waals surface area contributed by atoms with Gasteiger partial charge in [0, 0.05) is 31.4 Å². The monoisotopic (exact) mass is 323 g/mol. The van der Waals surface area contributed by atoms with E-state index in [9.17, 15) is 9.59 Å². The van der Waals surface area contributed by atoms with Crippen LogP contribution in [0.3, 0.4) is 0 Å². The Bertz CT molecular complexity index is 758. The van der Waals surface area contributed by atoms with Crippen LogP contribution in [0.2, 0.25) is 0 Å². The third-order valence-electron chi connectivity index (χ3n) is 4.21. The fraction of sp³-hybridized carbons (Fsp3) is 0.263. The van der Waals surface area contributed by atoms with E-state index in [4.69, 9.17) is 0 Å². The molecule has 0 bridgehead atoms. The van der Waals surface area contributed by atoms with Crippen LogP contribution in [-0.2, 0) is 17.8 Å². The summed E-state index contributed by atoms with van der Waals surface area (Å²) in [4.78, 5) is 26.1. The van der Waals surface area contributed by atoms with Gasteiger partial charge in [-0.25, -0.2) is 0 Å². The Balaban J connectivity index is 1.60. The van der Waals surface area contributed by atoms with Crippen molar-refractivity contribution in [3.8, 4) is 0 Å². The number of amides is 2. The van der Waals surface area contributed by atoms with Gasteiger partial charge in [0.05, 0.1) is 6.54 Å². The van der Waals surface area contributed by atoms with Crippen molar-refractivity contribution in [3.05, 3.63) is 65.2 Å². The van der Waals surface area contributed by atoms with E-state index in [0.717, 1.165) is 19.5 Å². The molecular formula is C19H21N3O2. The Morgan fingerprint density at radius 1 is 1.08 bits per heavy atom. The molecule has 0 unspecified atom stereocenters. The van der Waals surface area contributed by atoms with Crippen molar-refractivity contribution in [1.82, 2.24) is 10.2 Å². The summed E-state index contributed by atoms with van der Waals surface area (Å²) < 4.78 is 0. The van der Waals surface area contributed by atoms with Crippen LogP contribution in [0.5, 0.6) is 0 Å². The third-order valence-corrected chi connectivity index (χ3v) is 4.21. The summed E-state index contributed by atoms with van der Waals surface area (Å²) in [5.74, 6) is -0.234. The van der Waals surface area contributed by atoms with Gasteiger partial charge in [-0.05, 0) is 35.7 Å². The standard InChI is InChI=1S/C19H21N3O2/c1-20-19(24)15-7-4-8-17(11-15)21-18(23)13-22-10-9-14-5-2-3-6-16(14)12-22/h2-8,11H,9-10,12-13H2,1H3,(H,20,24)(H,21,23). The predicted molar refractivity (Wildman–Crippen MR) is 93.9 cm³/mol. The van der Waals surface area contributed by atoms with E-state index in [2.05, 4.69) is 33.7 Å². The minimum Gasteiger partial charge on any atom is -0.355 e. The zero-order valence-electron chi connectivity index (χ0n) is 13.7. The molecule has 0 atom stereocenters. The molecule has 1 aliphatic heterocycles. The molecule has 0 saturated heterocycles. The lowest BCUT2D eigenvalue weighted by Crippen LogP contribution is -2.37. The number of hydrogen-bond donors (Lipinski definition) is 2. The molecule has 5 heteroatoms. The number of fused-ring (bicyclic) bond motifs is 1. The molecule has 2 aromatic carbocycles. The van der Waals surface area contributed by atoms with Crippen molar-refractivity contribution in [3.63, 3.8) is 0 Å².